The normalized spacial score (nSPS) is 12.2. The van der Waals surface area contributed by atoms with Crippen molar-refractivity contribution in [3.8, 4) is 0 Å². The molecule has 1 rings (SSSR count). The molecule has 1 atom stereocenters. The minimum absolute atomic E-state index is 0.0764. The molecule has 0 bridgehead atoms. The third-order valence-electron chi connectivity index (χ3n) is 2.44. The van der Waals surface area contributed by atoms with Crippen LogP contribution in [0.1, 0.15) is 16.8 Å². The summed E-state index contributed by atoms with van der Waals surface area (Å²) in [4.78, 5) is 11.9. The standard InChI is InChI=1S/C12H17FN2O3/c1-18-7-9(4-5-16)15-12(17)10-6-8(13)2-3-11(10)14/h2-3,6,9,16H,4-5,7,14H2,1H3,(H,15,17). The van der Waals surface area contributed by atoms with Crippen molar-refractivity contribution < 1.29 is 19.0 Å². The Hall–Kier alpha value is -1.66. The minimum atomic E-state index is -0.528. The maximum Gasteiger partial charge on any atom is 0.253 e. The molecule has 1 aromatic rings. The number of halogens is 1. The number of hydrogen-bond acceptors (Lipinski definition) is 4. The summed E-state index contributed by atoms with van der Waals surface area (Å²) in [5.41, 5.74) is 5.89. The third kappa shape index (κ3) is 3.97. The number of nitrogens with one attached hydrogen (secondary N) is 1. The van der Waals surface area contributed by atoms with E-state index < -0.39 is 11.7 Å². The van der Waals surface area contributed by atoms with Crippen molar-refractivity contribution in [3.05, 3.63) is 29.6 Å². The molecule has 4 N–H and O–H groups in total. The highest BCUT2D eigenvalue weighted by atomic mass is 19.1. The molecule has 0 aliphatic carbocycles. The maximum atomic E-state index is 13.0. The van der Waals surface area contributed by atoms with Crippen LogP contribution < -0.4 is 11.1 Å². The lowest BCUT2D eigenvalue weighted by atomic mass is 10.1. The number of aliphatic hydroxyl groups is 1. The zero-order valence-corrected chi connectivity index (χ0v) is 10.1. The minimum Gasteiger partial charge on any atom is -0.398 e. The molecule has 18 heavy (non-hydrogen) atoms. The van der Waals surface area contributed by atoms with Gasteiger partial charge in [0.2, 0.25) is 0 Å². The van der Waals surface area contributed by atoms with E-state index in [4.69, 9.17) is 15.6 Å². The Bertz CT molecular complexity index is 406. The van der Waals surface area contributed by atoms with Crippen LogP contribution in [0.3, 0.4) is 0 Å². The first-order valence-electron chi connectivity index (χ1n) is 5.54. The van der Waals surface area contributed by atoms with E-state index in [1.165, 1.54) is 19.2 Å². The number of ether oxygens (including phenoxy) is 1. The van der Waals surface area contributed by atoms with E-state index in [-0.39, 0.29) is 30.5 Å². The largest absolute Gasteiger partial charge is 0.398 e. The summed E-state index contributed by atoms with van der Waals surface area (Å²) in [6, 6.07) is 3.26. The SMILES string of the molecule is COCC(CCO)NC(=O)c1cc(F)ccc1N. The van der Waals surface area contributed by atoms with Crippen LogP contribution in [0.25, 0.3) is 0 Å². The van der Waals surface area contributed by atoms with E-state index in [2.05, 4.69) is 5.32 Å². The lowest BCUT2D eigenvalue weighted by Crippen LogP contribution is -2.39. The first-order chi connectivity index (χ1) is 8.58. The fraction of sp³-hybridized carbons (Fsp3) is 0.417. The molecule has 0 spiro atoms. The summed E-state index contributed by atoms with van der Waals surface area (Å²) in [6.45, 7) is 0.189. The Morgan fingerprint density at radius 2 is 2.33 bits per heavy atom. The number of carbonyl (C=O) groups excluding carboxylic acids is 1. The monoisotopic (exact) mass is 256 g/mol. The van der Waals surface area contributed by atoms with Crippen LogP contribution in [0.5, 0.6) is 0 Å². The van der Waals surface area contributed by atoms with Gasteiger partial charge in [-0.15, -0.1) is 0 Å². The number of benzene rings is 1. The molecule has 100 valence electrons. The maximum absolute atomic E-state index is 13.0. The molecule has 1 amide bonds. The second-order valence-electron chi connectivity index (χ2n) is 3.87. The highest BCUT2D eigenvalue weighted by molar-refractivity contribution is 5.99. The number of nitrogen functional groups attached to an aromatic ring is 1. The van der Waals surface area contributed by atoms with Gasteiger partial charge in [-0.2, -0.15) is 0 Å². The summed E-state index contributed by atoms with van der Waals surface area (Å²) in [6.07, 6.45) is 0.356. The van der Waals surface area contributed by atoms with Gasteiger partial charge in [-0.05, 0) is 24.6 Å². The van der Waals surface area contributed by atoms with E-state index in [0.29, 0.717) is 6.42 Å². The molecule has 0 aromatic heterocycles. The topological polar surface area (TPSA) is 84.6 Å². The van der Waals surface area contributed by atoms with Gasteiger partial charge in [0, 0.05) is 19.4 Å². The van der Waals surface area contributed by atoms with Gasteiger partial charge in [-0.1, -0.05) is 0 Å². The predicted molar refractivity (Wildman–Crippen MR) is 65.6 cm³/mol. The van der Waals surface area contributed by atoms with Crippen LogP contribution in [0, 0.1) is 5.82 Å². The van der Waals surface area contributed by atoms with E-state index in [1.54, 1.807) is 0 Å². The second kappa shape index (κ2) is 6.93. The van der Waals surface area contributed by atoms with E-state index in [0.717, 1.165) is 6.07 Å². The number of methoxy groups -OCH3 is 1. The molecule has 0 heterocycles. The van der Waals surface area contributed by atoms with Gasteiger partial charge in [-0.25, -0.2) is 4.39 Å². The van der Waals surface area contributed by atoms with Crippen LogP contribution in [-0.4, -0.2) is 37.4 Å². The highest BCUT2D eigenvalue weighted by Gasteiger charge is 2.15. The fourth-order valence-corrected chi connectivity index (χ4v) is 1.54. The van der Waals surface area contributed by atoms with E-state index in [9.17, 15) is 9.18 Å². The van der Waals surface area contributed by atoms with Crippen molar-refractivity contribution >= 4 is 11.6 Å². The zero-order valence-electron chi connectivity index (χ0n) is 10.1. The number of rotatable bonds is 6. The van der Waals surface area contributed by atoms with Crippen molar-refractivity contribution in [2.45, 2.75) is 12.5 Å². The average molecular weight is 256 g/mol. The van der Waals surface area contributed by atoms with E-state index >= 15 is 0 Å². The summed E-state index contributed by atoms with van der Waals surface area (Å²) in [7, 11) is 1.49. The molecule has 5 nitrogen and oxygen atoms in total. The first-order valence-corrected chi connectivity index (χ1v) is 5.54. The number of aliphatic hydroxyl groups excluding tert-OH is 1. The first kappa shape index (κ1) is 14.4. The predicted octanol–water partition coefficient (Wildman–Crippen LogP) is 0.535. The van der Waals surface area contributed by atoms with Crippen LogP contribution in [0.15, 0.2) is 18.2 Å². The highest BCUT2D eigenvalue weighted by Crippen LogP contribution is 2.13. The van der Waals surface area contributed by atoms with Crippen molar-refractivity contribution in [2.24, 2.45) is 0 Å². The molecular weight excluding hydrogens is 239 g/mol. The Balaban J connectivity index is 2.76. The quantitative estimate of drug-likeness (QED) is 0.648. The molecule has 0 aliphatic rings. The molecule has 6 heteroatoms. The molecule has 1 unspecified atom stereocenters. The van der Waals surface area contributed by atoms with Gasteiger partial charge in [0.15, 0.2) is 0 Å². The van der Waals surface area contributed by atoms with Gasteiger partial charge in [0.1, 0.15) is 5.82 Å². The fourth-order valence-electron chi connectivity index (χ4n) is 1.54. The molecule has 1 aromatic carbocycles. The molecule has 0 fully saturated rings. The van der Waals surface area contributed by atoms with Crippen LogP contribution in [0.4, 0.5) is 10.1 Å². The van der Waals surface area contributed by atoms with Crippen molar-refractivity contribution in [1.29, 1.82) is 0 Å². The summed E-state index contributed by atoms with van der Waals surface area (Å²) < 4.78 is 18.0. The van der Waals surface area contributed by atoms with Crippen LogP contribution in [-0.2, 0) is 4.74 Å². The van der Waals surface area contributed by atoms with Crippen molar-refractivity contribution in [3.63, 3.8) is 0 Å². The van der Waals surface area contributed by atoms with Gasteiger partial charge in [-0.3, -0.25) is 4.79 Å². The Kier molecular flexibility index (Phi) is 5.54. The number of hydrogen-bond donors (Lipinski definition) is 3. The number of carbonyl (C=O) groups is 1. The van der Waals surface area contributed by atoms with Gasteiger partial charge < -0.3 is 20.9 Å². The Labute approximate surface area is 105 Å². The van der Waals surface area contributed by atoms with Crippen LogP contribution >= 0.6 is 0 Å². The van der Waals surface area contributed by atoms with Gasteiger partial charge in [0.25, 0.3) is 5.91 Å². The smallest absolute Gasteiger partial charge is 0.253 e. The number of anilines is 1. The average Bonchev–Trinajstić information content (AvgIpc) is 2.33. The molecule has 0 saturated heterocycles. The lowest BCUT2D eigenvalue weighted by Gasteiger charge is -2.17. The van der Waals surface area contributed by atoms with Gasteiger partial charge >= 0.3 is 0 Å². The Morgan fingerprint density at radius 3 is 2.94 bits per heavy atom. The van der Waals surface area contributed by atoms with Crippen molar-refractivity contribution in [2.75, 3.05) is 26.1 Å². The molecular formula is C12H17FN2O3. The molecule has 0 saturated carbocycles. The molecule has 0 radical (unpaired) electrons. The Morgan fingerprint density at radius 1 is 1.61 bits per heavy atom. The molecule has 0 aliphatic heterocycles. The summed E-state index contributed by atoms with van der Waals surface area (Å²) in [5.74, 6) is -1.01. The lowest BCUT2D eigenvalue weighted by molar-refractivity contribution is 0.0879. The number of amides is 1. The summed E-state index contributed by atoms with van der Waals surface area (Å²) in [5, 5.41) is 11.5. The van der Waals surface area contributed by atoms with Gasteiger partial charge in [0.05, 0.1) is 18.2 Å². The summed E-state index contributed by atoms with van der Waals surface area (Å²) >= 11 is 0. The number of nitrogens with two attached hydrogens (primary N) is 1. The van der Waals surface area contributed by atoms with Crippen molar-refractivity contribution in [1.82, 2.24) is 5.32 Å². The van der Waals surface area contributed by atoms with Crippen LogP contribution in [0.2, 0.25) is 0 Å². The van der Waals surface area contributed by atoms with E-state index in [1.807, 2.05) is 0 Å². The third-order valence-corrected chi connectivity index (χ3v) is 2.44. The second-order valence-corrected chi connectivity index (χ2v) is 3.87. The zero-order chi connectivity index (χ0) is 13.5.